The van der Waals surface area contributed by atoms with Crippen LogP contribution in [0.2, 0.25) is 0 Å². The molecule has 0 atom stereocenters. The van der Waals surface area contributed by atoms with Gasteiger partial charge in [-0.25, -0.2) is 0 Å². The van der Waals surface area contributed by atoms with Gasteiger partial charge in [-0.3, -0.25) is 0 Å². The minimum Gasteiger partial charge on any atom is -0.402 e. The molecule has 0 fully saturated rings. The van der Waals surface area contributed by atoms with E-state index >= 15 is 0 Å². The number of nitrogens with two attached hydrogens (primary N) is 1. The molecule has 1 aromatic rings. The van der Waals surface area contributed by atoms with E-state index in [9.17, 15) is 13.2 Å². The number of hydrogen-bond donors (Lipinski definition) is 4. The highest BCUT2D eigenvalue weighted by atomic mass is 19.4. The topological polar surface area (TPSA) is 86.7 Å². The molecule has 0 heterocycles. The van der Waals surface area contributed by atoms with Crippen LogP contribution in [0.3, 0.4) is 0 Å². The molecule has 8 heteroatoms. The summed E-state index contributed by atoms with van der Waals surface area (Å²) in [6.45, 7) is 0. The summed E-state index contributed by atoms with van der Waals surface area (Å²) >= 11 is 0. The smallest absolute Gasteiger partial charge is 0.402 e. The van der Waals surface area contributed by atoms with Crippen molar-refractivity contribution < 1.29 is 28.2 Å². The van der Waals surface area contributed by atoms with Gasteiger partial charge in [0.2, 0.25) is 0 Å². The third kappa shape index (κ3) is 5.94. The Morgan fingerprint density at radius 1 is 1.07 bits per heavy atom. The van der Waals surface area contributed by atoms with Crippen LogP contribution in [0.15, 0.2) is 24.3 Å². The Labute approximate surface area is 83.9 Å². The first-order valence-electron chi connectivity index (χ1n) is 3.71. The molecule has 4 nitrogen and oxygen atoms in total. The standard InChI is InChI=1S/C7H6F3N.BH3O3/c8-7(9,10)5-3-1-2-4-6(5)11;2-1(3)4/h1-4H,11H2;2-4H. The van der Waals surface area contributed by atoms with E-state index in [0.29, 0.717) is 0 Å². The molecule has 0 bridgehead atoms. The average molecular weight is 223 g/mol. The van der Waals surface area contributed by atoms with Crippen LogP contribution in [-0.2, 0) is 6.18 Å². The molecular weight excluding hydrogens is 214 g/mol. The summed E-state index contributed by atoms with van der Waals surface area (Å²) in [4.78, 5) is 0. The van der Waals surface area contributed by atoms with Gasteiger partial charge in [0.25, 0.3) is 0 Å². The van der Waals surface area contributed by atoms with Crippen molar-refractivity contribution in [3.05, 3.63) is 29.8 Å². The predicted octanol–water partition coefficient (Wildman–Crippen LogP) is 0.236. The highest BCUT2D eigenvalue weighted by Crippen LogP contribution is 2.32. The summed E-state index contributed by atoms with van der Waals surface area (Å²) in [5, 5.41) is 21.5. The molecule has 0 unspecified atom stereocenters. The van der Waals surface area contributed by atoms with Crippen molar-refractivity contribution in [1.82, 2.24) is 0 Å². The fourth-order valence-corrected chi connectivity index (χ4v) is 0.755. The Kier molecular flexibility index (Phi) is 5.13. The van der Waals surface area contributed by atoms with Crippen LogP contribution in [0.4, 0.5) is 18.9 Å². The first-order valence-corrected chi connectivity index (χ1v) is 3.71. The van der Waals surface area contributed by atoms with Gasteiger partial charge in [0.1, 0.15) is 0 Å². The Bertz CT molecular complexity index is 303. The molecule has 1 rings (SSSR count). The van der Waals surface area contributed by atoms with Gasteiger partial charge < -0.3 is 20.8 Å². The number of alkyl halides is 3. The molecule has 0 spiro atoms. The lowest BCUT2D eigenvalue weighted by atomic mass is 10.2. The average Bonchev–Trinajstić information content (AvgIpc) is 2.01. The maximum Gasteiger partial charge on any atom is 0.631 e. The predicted molar refractivity (Wildman–Crippen MR) is 48.3 cm³/mol. The zero-order valence-corrected chi connectivity index (χ0v) is 7.44. The van der Waals surface area contributed by atoms with Gasteiger partial charge in [-0.05, 0) is 12.1 Å². The molecule has 15 heavy (non-hydrogen) atoms. The SMILES string of the molecule is Nc1ccccc1C(F)(F)F.OB(O)O. The maximum atomic E-state index is 12.0. The number of hydrogen-bond acceptors (Lipinski definition) is 4. The Morgan fingerprint density at radius 3 is 1.73 bits per heavy atom. The lowest BCUT2D eigenvalue weighted by molar-refractivity contribution is -0.136. The number of anilines is 1. The molecule has 1 aromatic carbocycles. The Morgan fingerprint density at radius 2 is 1.47 bits per heavy atom. The molecule has 84 valence electrons. The molecule has 5 N–H and O–H groups in total. The van der Waals surface area contributed by atoms with E-state index in [4.69, 9.17) is 20.8 Å². The molecule has 0 aromatic heterocycles. The summed E-state index contributed by atoms with van der Waals surface area (Å²) in [6, 6.07) is 4.95. The van der Waals surface area contributed by atoms with Crippen LogP contribution >= 0.6 is 0 Å². The number of para-hydroxylation sites is 1. The first-order chi connectivity index (χ1) is 6.75. The second-order valence-corrected chi connectivity index (χ2v) is 2.43. The maximum absolute atomic E-state index is 12.0. The third-order valence-corrected chi connectivity index (χ3v) is 1.27. The van der Waals surface area contributed by atoms with E-state index in [1.807, 2.05) is 0 Å². The van der Waals surface area contributed by atoms with Crippen LogP contribution in [-0.4, -0.2) is 22.4 Å². The number of halogens is 3. The fraction of sp³-hybridized carbons (Fsp3) is 0.143. The van der Waals surface area contributed by atoms with Crippen LogP contribution < -0.4 is 5.73 Å². The number of rotatable bonds is 0. The van der Waals surface area contributed by atoms with E-state index < -0.39 is 19.1 Å². The van der Waals surface area contributed by atoms with Crippen molar-refractivity contribution >= 4 is 13.0 Å². The summed E-state index contributed by atoms with van der Waals surface area (Å²) < 4.78 is 35.9. The van der Waals surface area contributed by atoms with Gasteiger partial charge in [0, 0.05) is 5.69 Å². The molecular formula is C7H9BF3NO3. The third-order valence-electron chi connectivity index (χ3n) is 1.27. The van der Waals surface area contributed by atoms with Crippen molar-refractivity contribution in [3.63, 3.8) is 0 Å². The summed E-state index contributed by atoms with van der Waals surface area (Å²) in [6.07, 6.45) is -4.34. The molecule has 0 aliphatic carbocycles. The molecule has 0 aliphatic rings. The monoisotopic (exact) mass is 223 g/mol. The summed E-state index contributed by atoms with van der Waals surface area (Å²) in [5.74, 6) is 0. The first kappa shape index (κ1) is 13.8. The van der Waals surface area contributed by atoms with Crippen molar-refractivity contribution in [2.24, 2.45) is 0 Å². The van der Waals surface area contributed by atoms with Crippen molar-refractivity contribution in [3.8, 4) is 0 Å². The van der Waals surface area contributed by atoms with Crippen molar-refractivity contribution in [2.45, 2.75) is 6.18 Å². The van der Waals surface area contributed by atoms with E-state index in [1.54, 1.807) is 0 Å². The van der Waals surface area contributed by atoms with E-state index in [0.717, 1.165) is 6.07 Å². The number of nitrogen functional groups attached to an aromatic ring is 1. The van der Waals surface area contributed by atoms with Crippen LogP contribution in [0.25, 0.3) is 0 Å². The summed E-state index contributed by atoms with van der Waals surface area (Å²) in [5.41, 5.74) is 4.07. The van der Waals surface area contributed by atoms with E-state index in [2.05, 4.69) is 0 Å². The zero-order chi connectivity index (χ0) is 12.1. The molecule has 0 saturated carbocycles. The Hall–Kier alpha value is -1.25. The minimum absolute atomic E-state index is 0.236. The van der Waals surface area contributed by atoms with E-state index in [1.165, 1.54) is 18.2 Å². The highest BCUT2D eigenvalue weighted by molar-refractivity contribution is 6.30. The van der Waals surface area contributed by atoms with Crippen LogP contribution in [0.5, 0.6) is 0 Å². The lowest BCUT2D eigenvalue weighted by Gasteiger charge is -2.07. The van der Waals surface area contributed by atoms with Gasteiger partial charge in [-0.15, -0.1) is 0 Å². The number of benzene rings is 1. The molecule has 0 aliphatic heterocycles. The highest BCUT2D eigenvalue weighted by Gasteiger charge is 2.32. The van der Waals surface area contributed by atoms with Gasteiger partial charge in [-0.1, -0.05) is 12.1 Å². The fourth-order valence-electron chi connectivity index (χ4n) is 0.755. The quantitative estimate of drug-likeness (QED) is 0.374. The molecule has 0 radical (unpaired) electrons. The Balaban J connectivity index is 0.000000423. The van der Waals surface area contributed by atoms with Gasteiger partial charge in [0.05, 0.1) is 5.56 Å². The second kappa shape index (κ2) is 5.59. The van der Waals surface area contributed by atoms with Crippen LogP contribution in [0.1, 0.15) is 5.56 Å². The van der Waals surface area contributed by atoms with Crippen LogP contribution in [0, 0.1) is 0 Å². The zero-order valence-electron chi connectivity index (χ0n) is 7.44. The molecule has 0 amide bonds. The van der Waals surface area contributed by atoms with Gasteiger partial charge in [-0.2, -0.15) is 13.2 Å². The largest absolute Gasteiger partial charge is 0.631 e. The van der Waals surface area contributed by atoms with Gasteiger partial charge >= 0.3 is 13.5 Å². The molecule has 0 saturated heterocycles. The van der Waals surface area contributed by atoms with E-state index in [-0.39, 0.29) is 5.69 Å². The summed E-state index contributed by atoms with van der Waals surface area (Å²) in [7, 11) is -2.17. The van der Waals surface area contributed by atoms with Gasteiger partial charge in [0.15, 0.2) is 0 Å². The normalized spacial score (nSPS) is 10.3. The lowest BCUT2D eigenvalue weighted by Crippen LogP contribution is -2.07. The van der Waals surface area contributed by atoms with Crippen molar-refractivity contribution in [1.29, 1.82) is 0 Å². The minimum atomic E-state index is -4.34. The second-order valence-electron chi connectivity index (χ2n) is 2.43. The van der Waals surface area contributed by atoms with Crippen molar-refractivity contribution in [2.75, 3.05) is 5.73 Å².